The van der Waals surface area contributed by atoms with E-state index in [4.69, 9.17) is 0 Å². The van der Waals surface area contributed by atoms with E-state index in [2.05, 4.69) is 1.40 Å². The molecule has 0 saturated carbocycles. The maximum atomic E-state index is 4.19. The molecule has 0 aliphatic carbocycles. The van der Waals surface area contributed by atoms with Crippen molar-refractivity contribution in [1.82, 2.24) is 0 Å². The molecule has 0 heterocycles. The molecule has 4 heteroatoms. The van der Waals surface area contributed by atoms with E-state index in [0.717, 1.165) is 0 Å². The van der Waals surface area contributed by atoms with Gasteiger partial charge < -0.3 is 0 Å². The fourth-order valence-corrected chi connectivity index (χ4v) is 0. The van der Waals surface area contributed by atoms with E-state index in [-0.39, 0.29) is 18.9 Å². The van der Waals surface area contributed by atoms with Crippen molar-refractivity contribution in [2.75, 3.05) is 0 Å². The van der Waals surface area contributed by atoms with Crippen LogP contribution in [0, 0.1) is 0 Å². The molecule has 0 rings (SSSR count). The van der Waals surface area contributed by atoms with Gasteiger partial charge in [-0.1, -0.05) is 0 Å². The zero-order valence-electron chi connectivity index (χ0n) is 2.16. The van der Waals surface area contributed by atoms with Crippen LogP contribution < -0.4 is 0 Å². The molecule has 0 atom stereocenters. The summed E-state index contributed by atoms with van der Waals surface area (Å²) in [6.07, 6.45) is 0. The molecule has 0 saturated heterocycles. The second-order valence-corrected chi connectivity index (χ2v) is 2.62. The molecule has 0 amide bonds. The smallest absolute Gasteiger partial charge is 0.124 e. The van der Waals surface area contributed by atoms with Gasteiger partial charge in [-0.05, 0) is 0 Å². The Labute approximate surface area is 65.4 Å². The second-order valence-electron chi connectivity index (χ2n) is 0.0583. The molecule has 0 aromatic heterocycles. The summed E-state index contributed by atoms with van der Waals surface area (Å²) in [5.74, 6) is 0. The third kappa shape index (κ3) is 8.99. The van der Waals surface area contributed by atoms with E-state index in [1.54, 1.807) is 46.0 Å². The predicted molar refractivity (Wildman–Crippen MR) is 34.9 cm³/mol. The van der Waals surface area contributed by atoms with Crippen molar-refractivity contribution >= 4 is 64.9 Å². The summed E-state index contributed by atoms with van der Waals surface area (Å²) < 4.78 is 4.19. The maximum Gasteiger partial charge on any atom is 0.124 e. The molecule has 0 aliphatic rings. The van der Waals surface area contributed by atoms with Crippen LogP contribution in [0.25, 0.3) is 0 Å². The molecule has 21 valence electrons. The van der Waals surface area contributed by atoms with Crippen molar-refractivity contribution in [3.05, 3.63) is 0 Å². The largest absolute Gasteiger partial charge is 0.247 e. The minimum absolute atomic E-state index is 0. The van der Waals surface area contributed by atoms with E-state index >= 15 is 0 Å². The summed E-state index contributed by atoms with van der Waals surface area (Å²) in [4.78, 5) is 0. The Kier molecular flexibility index (Phi) is 20.9. The number of rotatable bonds is 0. The van der Waals surface area contributed by atoms with Crippen molar-refractivity contribution in [2.45, 2.75) is 0 Å². The molecule has 0 fully saturated rings. The molecule has 1 nitrogen and oxygen atoms in total. The Bertz CT molecular complexity index is 6.00. The first-order valence-corrected chi connectivity index (χ1v) is 2.07. The van der Waals surface area contributed by atoms with Crippen LogP contribution in [0.3, 0.4) is 0 Å². The van der Waals surface area contributed by atoms with Gasteiger partial charge in [0.2, 0.25) is 0 Å². The SMILES string of the molecule is IOI.[Li]. The van der Waals surface area contributed by atoms with Gasteiger partial charge in [0.15, 0.2) is 0 Å². The van der Waals surface area contributed by atoms with Gasteiger partial charge >= 0.3 is 0 Å². The van der Waals surface area contributed by atoms with Gasteiger partial charge in [0, 0.05) is 18.9 Å². The van der Waals surface area contributed by atoms with E-state index in [0.29, 0.717) is 0 Å². The van der Waals surface area contributed by atoms with Crippen molar-refractivity contribution in [3.63, 3.8) is 0 Å². The molecule has 0 bridgehead atoms. The number of hydrogen-bond acceptors (Lipinski definition) is 1. The summed E-state index contributed by atoms with van der Waals surface area (Å²) in [6.45, 7) is 0. The molecule has 0 N–H and O–H groups in total. The third-order valence-electron chi connectivity index (χ3n) is 0. The van der Waals surface area contributed by atoms with Gasteiger partial charge in [0.1, 0.15) is 46.0 Å². The Morgan fingerprint density at radius 3 is 1.25 bits per heavy atom. The standard InChI is InChI=1S/I2O.Li/c1-3-2;. The monoisotopic (exact) mass is 277 g/mol. The molecular formula is I2LiO. The normalized spacial score (nSPS) is 4.50. The first kappa shape index (κ1) is 9.39. The van der Waals surface area contributed by atoms with Crippen molar-refractivity contribution in [3.8, 4) is 0 Å². The van der Waals surface area contributed by atoms with Gasteiger partial charge in [0.05, 0.1) is 0 Å². The topological polar surface area (TPSA) is 9.23 Å². The molecule has 4 heavy (non-hydrogen) atoms. The fourth-order valence-electron chi connectivity index (χ4n) is 0. The van der Waals surface area contributed by atoms with E-state index in [1.807, 2.05) is 0 Å². The Balaban J connectivity index is 0. The van der Waals surface area contributed by atoms with Crippen molar-refractivity contribution in [2.24, 2.45) is 0 Å². The molecular weight excluding hydrogens is 277 g/mol. The summed E-state index contributed by atoms with van der Waals surface area (Å²) in [5, 5.41) is 0. The van der Waals surface area contributed by atoms with Crippen LogP contribution in [0.4, 0.5) is 0 Å². The van der Waals surface area contributed by atoms with E-state index in [1.165, 1.54) is 0 Å². The van der Waals surface area contributed by atoms with Crippen LogP contribution in [0.1, 0.15) is 0 Å². The van der Waals surface area contributed by atoms with Gasteiger partial charge in [-0.3, -0.25) is 0 Å². The van der Waals surface area contributed by atoms with E-state index in [9.17, 15) is 0 Å². The number of hydrogen-bond donors (Lipinski definition) is 0. The fraction of sp³-hybridized carbons (Fsp3) is 0. The average Bonchev–Trinajstić information content (AvgIpc) is 0.918. The predicted octanol–water partition coefficient (Wildman–Crippen LogP) is 1.32. The summed E-state index contributed by atoms with van der Waals surface area (Å²) in [5.41, 5.74) is 0. The Morgan fingerprint density at radius 2 is 1.25 bits per heavy atom. The van der Waals surface area contributed by atoms with Crippen LogP contribution in [-0.2, 0) is 1.40 Å². The zero-order valence-corrected chi connectivity index (χ0v) is 6.48. The van der Waals surface area contributed by atoms with Gasteiger partial charge in [-0.25, -0.2) is 1.40 Å². The second kappa shape index (κ2) is 8.89. The average molecular weight is 277 g/mol. The van der Waals surface area contributed by atoms with Crippen LogP contribution in [0.5, 0.6) is 0 Å². The Morgan fingerprint density at radius 1 is 1.25 bits per heavy atom. The summed E-state index contributed by atoms with van der Waals surface area (Å²) in [7, 11) is 0. The first-order chi connectivity index (χ1) is 1.41. The first-order valence-electron chi connectivity index (χ1n) is 0.309. The minimum Gasteiger partial charge on any atom is -0.247 e. The quantitative estimate of drug-likeness (QED) is 0.479. The van der Waals surface area contributed by atoms with Crippen LogP contribution in [0.2, 0.25) is 0 Å². The summed E-state index contributed by atoms with van der Waals surface area (Å²) >= 11 is 3.55. The summed E-state index contributed by atoms with van der Waals surface area (Å²) in [6, 6.07) is 0. The maximum absolute atomic E-state index is 4.19. The van der Waals surface area contributed by atoms with Gasteiger partial charge in [-0.2, -0.15) is 0 Å². The third-order valence-corrected chi connectivity index (χ3v) is 0. The van der Waals surface area contributed by atoms with Gasteiger partial charge in [-0.15, -0.1) is 0 Å². The molecule has 0 unspecified atom stereocenters. The van der Waals surface area contributed by atoms with Crippen LogP contribution >= 0.6 is 46.0 Å². The van der Waals surface area contributed by atoms with E-state index < -0.39 is 0 Å². The molecule has 0 aliphatic heterocycles. The van der Waals surface area contributed by atoms with Crippen LogP contribution in [0.15, 0.2) is 0 Å². The molecule has 0 aromatic rings. The minimum atomic E-state index is 0. The zero-order chi connectivity index (χ0) is 2.71. The number of halogens is 2. The molecule has 1 radical (unpaired) electrons. The van der Waals surface area contributed by atoms with Crippen molar-refractivity contribution < 1.29 is 1.40 Å². The molecule has 0 spiro atoms. The van der Waals surface area contributed by atoms with Crippen LogP contribution in [-0.4, -0.2) is 18.9 Å². The molecule has 0 aromatic carbocycles. The Hall–Kier alpha value is 2.02. The van der Waals surface area contributed by atoms with Gasteiger partial charge in [0.25, 0.3) is 0 Å². The van der Waals surface area contributed by atoms with Crippen molar-refractivity contribution in [1.29, 1.82) is 0 Å².